The minimum Gasteiger partial charge on any atom is -0.350 e. The standard InChI is InChI=1S/C22H24N2O3/c1-12(13-5-3-2-4-6-13)23-18(25)9-10-24-21(26)19-14-7-8-15(17-11-16(14)17)20(19)22(24)27/h2-8,12,14-17,19-20H,9-11H2,1H3,(H,23,25). The molecule has 7 atom stereocenters. The number of rotatable bonds is 5. The smallest absolute Gasteiger partial charge is 0.233 e. The molecule has 0 aromatic heterocycles. The van der Waals surface area contributed by atoms with Crippen molar-refractivity contribution >= 4 is 17.7 Å². The molecule has 1 heterocycles. The molecule has 7 unspecified atom stereocenters. The number of allylic oxidation sites excluding steroid dienone is 2. The van der Waals surface area contributed by atoms with Crippen molar-refractivity contribution in [1.82, 2.24) is 10.2 Å². The minimum atomic E-state index is -0.178. The van der Waals surface area contributed by atoms with E-state index >= 15 is 0 Å². The van der Waals surface area contributed by atoms with Crippen molar-refractivity contribution in [2.24, 2.45) is 35.5 Å². The lowest BCUT2D eigenvalue weighted by atomic mass is 9.63. The first kappa shape index (κ1) is 16.7. The number of imide groups is 1. The fourth-order valence-electron chi connectivity index (χ4n) is 5.59. The number of carbonyl (C=O) groups excluding carboxylic acids is 3. The van der Waals surface area contributed by atoms with Gasteiger partial charge < -0.3 is 5.32 Å². The molecule has 5 aliphatic rings. The maximum atomic E-state index is 12.9. The van der Waals surface area contributed by atoms with Crippen LogP contribution in [-0.2, 0) is 14.4 Å². The molecule has 3 amide bonds. The summed E-state index contributed by atoms with van der Waals surface area (Å²) in [6, 6.07) is 9.66. The van der Waals surface area contributed by atoms with E-state index < -0.39 is 0 Å². The minimum absolute atomic E-state index is 0.0568. The molecule has 0 radical (unpaired) electrons. The van der Waals surface area contributed by atoms with Crippen molar-refractivity contribution in [2.75, 3.05) is 6.54 Å². The highest BCUT2D eigenvalue weighted by atomic mass is 16.2. The summed E-state index contributed by atoms with van der Waals surface area (Å²) in [5.74, 6) is 1.07. The van der Waals surface area contributed by atoms with E-state index in [-0.39, 0.29) is 60.4 Å². The van der Waals surface area contributed by atoms with E-state index in [4.69, 9.17) is 0 Å². The van der Waals surface area contributed by atoms with E-state index in [0.717, 1.165) is 12.0 Å². The second-order valence-electron chi connectivity index (χ2n) is 8.43. The van der Waals surface area contributed by atoms with Crippen molar-refractivity contribution in [2.45, 2.75) is 25.8 Å². The molecule has 5 nitrogen and oxygen atoms in total. The Hall–Kier alpha value is -2.43. The first-order valence-corrected chi connectivity index (χ1v) is 9.94. The first-order chi connectivity index (χ1) is 13.1. The van der Waals surface area contributed by atoms with Gasteiger partial charge in [-0.3, -0.25) is 19.3 Å². The molecule has 1 saturated heterocycles. The highest BCUT2D eigenvalue weighted by Crippen LogP contribution is 2.65. The lowest BCUT2D eigenvalue weighted by Gasteiger charge is -2.37. The Morgan fingerprint density at radius 1 is 1.07 bits per heavy atom. The molecule has 27 heavy (non-hydrogen) atoms. The van der Waals surface area contributed by atoms with Crippen LogP contribution in [0.5, 0.6) is 0 Å². The molecule has 1 aromatic rings. The fourth-order valence-corrected chi connectivity index (χ4v) is 5.59. The van der Waals surface area contributed by atoms with Crippen LogP contribution >= 0.6 is 0 Å². The Labute approximate surface area is 158 Å². The third-order valence-corrected chi connectivity index (χ3v) is 6.99. The number of carbonyl (C=O) groups is 3. The Morgan fingerprint density at radius 2 is 1.67 bits per heavy atom. The van der Waals surface area contributed by atoms with E-state index in [9.17, 15) is 14.4 Å². The summed E-state index contributed by atoms with van der Waals surface area (Å²) in [5.41, 5.74) is 1.03. The molecular formula is C22H24N2O3. The zero-order valence-electron chi connectivity index (χ0n) is 15.4. The molecule has 1 aliphatic heterocycles. The average molecular weight is 364 g/mol. The highest BCUT2D eigenvalue weighted by molar-refractivity contribution is 6.06. The molecule has 0 spiro atoms. The number of likely N-dealkylation sites (tertiary alicyclic amines) is 1. The summed E-state index contributed by atoms with van der Waals surface area (Å²) in [7, 11) is 0. The van der Waals surface area contributed by atoms with Crippen LogP contribution in [0.1, 0.15) is 31.4 Å². The lowest BCUT2D eigenvalue weighted by Crippen LogP contribution is -2.40. The van der Waals surface area contributed by atoms with Gasteiger partial charge in [-0.2, -0.15) is 0 Å². The Kier molecular flexibility index (Phi) is 3.74. The highest BCUT2D eigenvalue weighted by Gasteiger charge is 2.66. The van der Waals surface area contributed by atoms with Gasteiger partial charge in [-0.05, 0) is 42.6 Å². The maximum absolute atomic E-state index is 12.9. The van der Waals surface area contributed by atoms with Gasteiger partial charge in [0.2, 0.25) is 17.7 Å². The normalized spacial score (nSPS) is 36.4. The van der Waals surface area contributed by atoms with Crippen molar-refractivity contribution < 1.29 is 14.4 Å². The quantitative estimate of drug-likeness (QED) is 0.644. The summed E-state index contributed by atoms with van der Waals surface area (Å²) < 4.78 is 0. The first-order valence-electron chi connectivity index (χ1n) is 9.94. The van der Waals surface area contributed by atoms with E-state index in [1.807, 2.05) is 37.3 Å². The van der Waals surface area contributed by atoms with Crippen LogP contribution in [0, 0.1) is 35.5 Å². The van der Waals surface area contributed by atoms with Gasteiger partial charge in [-0.15, -0.1) is 0 Å². The molecule has 6 rings (SSSR count). The fraction of sp³-hybridized carbons (Fsp3) is 0.500. The lowest BCUT2D eigenvalue weighted by molar-refractivity contribution is -0.140. The zero-order valence-corrected chi connectivity index (χ0v) is 15.4. The molecule has 2 bridgehead atoms. The van der Waals surface area contributed by atoms with Crippen molar-refractivity contribution in [3.63, 3.8) is 0 Å². The van der Waals surface area contributed by atoms with Crippen LogP contribution in [0.3, 0.4) is 0 Å². The summed E-state index contributed by atoms with van der Waals surface area (Å²) >= 11 is 0. The number of benzene rings is 1. The molecule has 1 aromatic carbocycles. The van der Waals surface area contributed by atoms with Crippen LogP contribution in [-0.4, -0.2) is 29.2 Å². The van der Waals surface area contributed by atoms with Crippen molar-refractivity contribution in [3.05, 3.63) is 48.0 Å². The van der Waals surface area contributed by atoms with Gasteiger partial charge in [-0.1, -0.05) is 42.5 Å². The Bertz CT molecular complexity index is 797. The van der Waals surface area contributed by atoms with Crippen molar-refractivity contribution in [1.29, 1.82) is 0 Å². The van der Waals surface area contributed by atoms with Gasteiger partial charge in [-0.25, -0.2) is 0 Å². The van der Waals surface area contributed by atoms with Crippen LogP contribution in [0.25, 0.3) is 0 Å². The number of nitrogens with zero attached hydrogens (tertiary/aromatic N) is 1. The number of amides is 3. The van der Waals surface area contributed by atoms with E-state index in [2.05, 4.69) is 17.5 Å². The van der Waals surface area contributed by atoms with Crippen LogP contribution < -0.4 is 5.32 Å². The summed E-state index contributed by atoms with van der Waals surface area (Å²) in [6.45, 7) is 2.12. The maximum Gasteiger partial charge on any atom is 0.233 e. The zero-order chi connectivity index (χ0) is 18.7. The van der Waals surface area contributed by atoms with Gasteiger partial charge in [0.1, 0.15) is 0 Å². The predicted molar refractivity (Wildman–Crippen MR) is 99.0 cm³/mol. The molecule has 2 saturated carbocycles. The second-order valence-corrected chi connectivity index (χ2v) is 8.43. The molecule has 3 fully saturated rings. The van der Waals surface area contributed by atoms with E-state index in [0.29, 0.717) is 11.8 Å². The SMILES string of the molecule is CC(NC(=O)CCN1C(=O)C2C3C=CC(C4CC34)C2C1=O)c1ccccc1. The van der Waals surface area contributed by atoms with Gasteiger partial charge in [0, 0.05) is 13.0 Å². The van der Waals surface area contributed by atoms with Crippen LogP contribution in [0.2, 0.25) is 0 Å². The van der Waals surface area contributed by atoms with Gasteiger partial charge in [0.25, 0.3) is 0 Å². The second kappa shape index (κ2) is 6.04. The summed E-state index contributed by atoms with van der Waals surface area (Å²) in [5, 5.41) is 2.96. The molecule has 140 valence electrons. The van der Waals surface area contributed by atoms with Crippen LogP contribution in [0.4, 0.5) is 0 Å². The average Bonchev–Trinajstić information content (AvgIpc) is 3.46. The summed E-state index contributed by atoms with van der Waals surface area (Å²) in [6.07, 6.45) is 5.66. The Balaban J connectivity index is 1.22. The summed E-state index contributed by atoms with van der Waals surface area (Å²) in [4.78, 5) is 39.5. The van der Waals surface area contributed by atoms with Gasteiger partial charge in [0.15, 0.2) is 0 Å². The number of nitrogens with one attached hydrogen (secondary N) is 1. The van der Waals surface area contributed by atoms with Gasteiger partial charge >= 0.3 is 0 Å². The van der Waals surface area contributed by atoms with E-state index in [1.165, 1.54) is 4.90 Å². The predicted octanol–water partition coefficient (Wildman–Crippen LogP) is 2.31. The largest absolute Gasteiger partial charge is 0.350 e. The Morgan fingerprint density at radius 3 is 2.26 bits per heavy atom. The van der Waals surface area contributed by atoms with E-state index in [1.54, 1.807) is 0 Å². The monoisotopic (exact) mass is 364 g/mol. The number of hydrogen-bond acceptors (Lipinski definition) is 3. The topological polar surface area (TPSA) is 66.5 Å². The van der Waals surface area contributed by atoms with Crippen molar-refractivity contribution in [3.8, 4) is 0 Å². The third kappa shape index (κ3) is 2.55. The molecular weight excluding hydrogens is 340 g/mol. The van der Waals surface area contributed by atoms with Crippen LogP contribution in [0.15, 0.2) is 42.5 Å². The molecule has 1 N–H and O–H groups in total. The number of hydrogen-bond donors (Lipinski definition) is 1. The molecule has 4 aliphatic carbocycles. The van der Waals surface area contributed by atoms with Gasteiger partial charge in [0.05, 0.1) is 17.9 Å². The third-order valence-electron chi connectivity index (χ3n) is 6.99. The molecule has 5 heteroatoms.